The molecule has 0 saturated carbocycles. The lowest BCUT2D eigenvalue weighted by molar-refractivity contribution is 0.435. The lowest BCUT2D eigenvalue weighted by Crippen LogP contribution is -1.99. The molecule has 104 valence electrons. The highest BCUT2D eigenvalue weighted by Gasteiger charge is 2.06. The molecule has 0 fully saturated rings. The van der Waals surface area contributed by atoms with Crippen LogP contribution in [0, 0.1) is 0 Å². The zero-order chi connectivity index (χ0) is 14.5. The number of benzene rings is 2. The van der Waals surface area contributed by atoms with E-state index >= 15 is 0 Å². The van der Waals surface area contributed by atoms with Gasteiger partial charge in [0.2, 0.25) is 17.7 Å². The Balaban J connectivity index is 1.83. The monoisotopic (exact) mass is 279 g/mol. The summed E-state index contributed by atoms with van der Waals surface area (Å²) in [5.41, 5.74) is 5.68. The molecule has 1 aromatic heterocycles. The van der Waals surface area contributed by atoms with Gasteiger partial charge < -0.3 is 15.2 Å². The van der Waals surface area contributed by atoms with Crippen LogP contribution in [-0.4, -0.2) is 9.97 Å². The van der Waals surface area contributed by atoms with E-state index in [1.165, 1.54) is 0 Å². The van der Waals surface area contributed by atoms with E-state index in [0.29, 0.717) is 23.3 Å². The van der Waals surface area contributed by atoms with Gasteiger partial charge in [0.05, 0.1) is 6.07 Å². The minimum atomic E-state index is 0.0920. The van der Waals surface area contributed by atoms with E-state index in [4.69, 9.17) is 15.2 Å². The van der Waals surface area contributed by atoms with Gasteiger partial charge in [0.15, 0.2) is 0 Å². The van der Waals surface area contributed by atoms with Crippen LogP contribution >= 0.6 is 0 Å². The summed E-state index contributed by atoms with van der Waals surface area (Å²) >= 11 is 0. The SMILES string of the molecule is Nc1nc(Oc2ccccc2)cc(Oc2ccccc2)n1. The standard InChI is InChI=1S/C16H13N3O2/c17-16-18-14(20-12-7-3-1-4-8-12)11-15(19-16)21-13-9-5-2-6-10-13/h1-11H,(H2,17,18,19). The van der Waals surface area contributed by atoms with E-state index in [1.54, 1.807) is 6.07 Å². The third-order valence-corrected chi connectivity index (χ3v) is 2.63. The quantitative estimate of drug-likeness (QED) is 0.789. The number of hydrogen-bond acceptors (Lipinski definition) is 5. The number of anilines is 1. The average molecular weight is 279 g/mol. The summed E-state index contributed by atoms with van der Waals surface area (Å²) in [4.78, 5) is 8.07. The third kappa shape index (κ3) is 3.48. The lowest BCUT2D eigenvalue weighted by Gasteiger charge is -2.08. The summed E-state index contributed by atoms with van der Waals surface area (Å²) in [6.45, 7) is 0. The van der Waals surface area contributed by atoms with Crippen LogP contribution in [0.5, 0.6) is 23.3 Å². The van der Waals surface area contributed by atoms with Crippen molar-refractivity contribution in [3.63, 3.8) is 0 Å². The smallest absolute Gasteiger partial charge is 0.227 e. The molecule has 21 heavy (non-hydrogen) atoms. The molecule has 1 heterocycles. The minimum absolute atomic E-state index is 0.0920. The first kappa shape index (κ1) is 12.9. The first-order chi connectivity index (χ1) is 10.3. The summed E-state index contributed by atoms with van der Waals surface area (Å²) in [6.07, 6.45) is 0. The Morgan fingerprint density at radius 3 is 1.52 bits per heavy atom. The Morgan fingerprint density at radius 1 is 0.667 bits per heavy atom. The Hall–Kier alpha value is -3.08. The maximum atomic E-state index is 5.68. The van der Waals surface area contributed by atoms with Gasteiger partial charge in [0.25, 0.3) is 0 Å². The predicted molar refractivity (Wildman–Crippen MR) is 79.5 cm³/mol. The number of nitrogens with two attached hydrogens (primary N) is 1. The number of ether oxygens (including phenoxy) is 2. The van der Waals surface area contributed by atoms with E-state index in [2.05, 4.69) is 9.97 Å². The van der Waals surface area contributed by atoms with Gasteiger partial charge in [-0.25, -0.2) is 0 Å². The Kier molecular flexibility index (Phi) is 3.64. The van der Waals surface area contributed by atoms with Gasteiger partial charge in [-0.2, -0.15) is 9.97 Å². The Labute approximate surface area is 122 Å². The van der Waals surface area contributed by atoms with E-state index in [1.807, 2.05) is 60.7 Å². The number of aromatic nitrogens is 2. The molecule has 0 aliphatic carbocycles. The molecular weight excluding hydrogens is 266 g/mol. The fourth-order valence-electron chi connectivity index (χ4n) is 1.74. The molecule has 0 aliphatic rings. The summed E-state index contributed by atoms with van der Waals surface area (Å²) in [5, 5.41) is 0. The zero-order valence-electron chi connectivity index (χ0n) is 11.1. The fraction of sp³-hybridized carbons (Fsp3) is 0. The predicted octanol–water partition coefficient (Wildman–Crippen LogP) is 3.64. The van der Waals surface area contributed by atoms with Gasteiger partial charge in [-0.3, -0.25) is 0 Å². The molecule has 2 aromatic carbocycles. The van der Waals surface area contributed by atoms with Gasteiger partial charge in [-0.05, 0) is 24.3 Å². The van der Waals surface area contributed by atoms with Crippen molar-refractivity contribution in [3.8, 4) is 23.3 Å². The van der Waals surface area contributed by atoms with Crippen LogP contribution in [0.2, 0.25) is 0 Å². The second kappa shape index (κ2) is 5.92. The Morgan fingerprint density at radius 2 is 1.10 bits per heavy atom. The van der Waals surface area contributed by atoms with Gasteiger partial charge in [0.1, 0.15) is 11.5 Å². The third-order valence-electron chi connectivity index (χ3n) is 2.63. The van der Waals surface area contributed by atoms with Crippen molar-refractivity contribution >= 4 is 5.95 Å². The molecule has 0 amide bonds. The highest BCUT2D eigenvalue weighted by molar-refractivity contribution is 5.35. The summed E-state index contributed by atoms with van der Waals surface area (Å²) in [5.74, 6) is 2.09. The lowest BCUT2D eigenvalue weighted by atomic mass is 10.3. The number of nitrogen functional groups attached to an aromatic ring is 1. The molecule has 5 heteroatoms. The van der Waals surface area contributed by atoms with E-state index < -0.39 is 0 Å². The highest BCUT2D eigenvalue weighted by atomic mass is 16.5. The van der Waals surface area contributed by atoms with Crippen LogP contribution < -0.4 is 15.2 Å². The van der Waals surface area contributed by atoms with E-state index in [0.717, 1.165) is 0 Å². The largest absolute Gasteiger partial charge is 0.439 e. The molecule has 3 rings (SSSR count). The van der Waals surface area contributed by atoms with Crippen LogP contribution in [0.4, 0.5) is 5.95 Å². The number of para-hydroxylation sites is 2. The molecular formula is C16H13N3O2. The summed E-state index contributed by atoms with van der Waals surface area (Å²) in [7, 11) is 0. The summed E-state index contributed by atoms with van der Waals surface area (Å²) < 4.78 is 11.3. The molecule has 2 N–H and O–H groups in total. The molecule has 0 bridgehead atoms. The van der Waals surface area contributed by atoms with Crippen LogP contribution in [0.15, 0.2) is 66.7 Å². The van der Waals surface area contributed by atoms with E-state index in [-0.39, 0.29) is 5.95 Å². The molecule has 3 aromatic rings. The van der Waals surface area contributed by atoms with Crippen LogP contribution in [0.1, 0.15) is 0 Å². The minimum Gasteiger partial charge on any atom is -0.439 e. The van der Waals surface area contributed by atoms with Crippen molar-refractivity contribution < 1.29 is 9.47 Å². The van der Waals surface area contributed by atoms with Gasteiger partial charge in [0, 0.05) is 0 Å². The highest BCUT2D eigenvalue weighted by Crippen LogP contribution is 2.26. The molecule has 5 nitrogen and oxygen atoms in total. The van der Waals surface area contributed by atoms with Gasteiger partial charge >= 0.3 is 0 Å². The van der Waals surface area contributed by atoms with E-state index in [9.17, 15) is 0 Å². The number of hydrogen-bond donors (Lipinski definition) is 1. The molecule has 0 aliphatic heterocycles. The molecule has 0 saturated heterocycles. The second-order valence-corrected chi connectivity index (χ2v) is 4.23. The molecule has 0 unspecified atom stereocenters. The number of nitrogens with zero attached hydrogens (tertiary/aromatic N) is 2. The first-order valence-corrected chi connectivity index (χ1v) is 6.40. The van der Waals surface area contributed by atoms with Crippen molar-refractivity contribution in [3.05, 3.63) is 66.7 Å². The molecule has 0 atom stereocenters. The topological polar surface area (TPSA) is 70.3 Å². The maximum Gasteiger partial charge on any atom is 0.227 e. The fourth-order valence-corrected chi connectivity index (χ4v) is 1.74. The summed E-state index contributed by atoms with van der Waals surface area (Å²) in [6, 6.07) is 20.2. The normalized spacial score (nSPS) is 10.1. The Bertz CT molecular complexity index is 658. The van der Waals surface area contributed by atoms with Crippen LogP contribution in [0.25, 0.3) is 0 Å². The maximum absolute atomic E-state index is 5.68. The van der Waals surface area contributed by atoms with Gasteiger partial charge in [-0.15, -0.1) is 0 Å². The second-order valence-electron chi connectivity index (χ2n) is 4.23. The zero-order valence-corrected chi connectivity index (χ0v) is 11.1. The number of rotatable bonds is 4. The van der Waals surface area contributed by atoms with Crippen molar-refractivity contribution in [2.24, 2.45) is 0 Å². The van der Waals surface area contributed by atoms with Crippen molar-refractivity contribution in [1.29, 1.82) is 0 Å². The first-order valence-electron chi connectivity index (χ1n) is 6.40. The molecule has 0 radical (unpaired) electrons. The van der Waals surface area contributed by atoms with Crippen molar-refractivity contribution in [2.45, 2.75) is 0 Å². The van der Waals surface area contributed by atoms with Gasteiger partial charge in [-0.1, -0.05) is 36.4 Å². The molecule has 0 spiro atoms. The van der Waals surface area contributed by atoms with Crippen molar-refractivity contribution in [2.75, 3.05) is 5.73 Å². The van der Waals surface area contributed by atoms with Crippen molar-refractivity contribution in [1.82, 2.24) is 9.97 Å². The van der Waals surface area contributed by atoms with Crippen LogP contribution in [-0.2, 0) is 0 Å². The average Bonchev–Trinajstić information content (AvgIpc) is 2.48. The van der Waals surface area contributed by atoms with Crippen LogP contribution in [0.3, 0.4) is 0 Å².